The monoisotopic (exact) mass is 368 g/mol. The van der Waals surface area contributed by atoms with Gasteiger partial charge >= 0.3 is 0 Å². The minimum absolute atomic E-state index is 0.0438. The largest absolute Gasteiger partial charge is 0.497 e. The molecule has 0 radical (unpaired) electrons. The van der Waals surface area contributed by atoms with Gasteiger partial charge in [0.2, 0.25) is 0 Å². The lowest BCUT2D eigenvalue weighted by Gasteiger charge is -2.26. The quantitative estimate of drug-likeness (QED) is 0.784. The summed E-state index contributed by atoms with van der Waals surface area (Å²) < 4.78 is 13.3. The molecule has 0 spiro atoms. The van der Waals surface area contributed by atoms with Gasteiger partial charge in [0.05, 0.1) is 25.8 Å². The molecule has 1 unspecified atom stereocenters. The summed E-state index contributed by atoms with van der Waals surface area (Å²) >= 11 is 0. The Kier molecular flexibility index (Phi) is 4.62. The van der Waals surface area contributed by atoms with Crippen LogP contribution in [0, 0.1) is 13.8 Å². The number of methoxy groups -OCH3 is 2. The second kappa shape index (κ2) is 6.95. The van der Waals surface area contributed by atoms with Crippen molar-refractivity contribution >= 4 is 5.91 Å². The lowest BCUT2D eigenvalue weighted by atomic mass is 10.0. The Hall–Kier alpha value is -2.43. The van der Waals surface area contributed by atoms with Gasteiger partial charge in [-0.05, 0) is 57.7 Å². The maximum atomic E-state index is 13.4. The number of nitrogens with zero attached hydrogens (tertiary/aromatic N) is 2. The van der Waals surface area contributed by atoms with E-state index in [1.807, 2.05) is 23.1 Å². The van der Waals surface area contributed by atoms with Crippen molar-refractivity contribution in [2.45, 2.75) is 51.6 Å². The van der Waals surface area contributed by atoms with E-state index in [9.17, 15) is 4.79 Å². The third-order valence-electron chi connectivity index (χ3n) is 5.94. The van der Waals surface area contributed by atoms with E-state index < -0.39 is 0 Å². The fourth-order valence-electron chi connectivity index (χ4n) is 4.47. The number of likely N-dealkylation sites (tertiary alicyclic amines) is 1. The van der Waals surface area contributed by atoms with Crippen LogP contribution in [-0.2, 0) is 0 Å². The average molecular weight is 368 g/mol. The van der Waals surface area contributed by atoms with Gasteiger partial charge in [0.15, 0.2) is 0 Å². The first-order valence-corrected chi connectivity index (χ1v) is 9.76. The Morgan fingerprint density at radius 1 is 1.07 bits per heavy atom. The first-order valence-electron chi connectivity index (χ1n) is 9.76. The molecule has 1 aliphatic carbocycles. The van der Waals surface area contributed by atoms with Crippen LogP contribution in [0.15, 0.2) is 24.3 Å². The van der Waals surface area contributed by atoms with Crippen LogP contribution in [0.4, 0.5) is 0 Å². The molecule has 4 rings (SSSR count). The number of amides is 1. The van der Waals surface area contributed by atoms with E-state index in [2.05, 4.69) is 24.5 Å². The first kappa shape index (κ1) is 18.0. The third kappa shape index (κ3) is 3.09. The summed E-state index contributed by atoms with van der Waals surface area (Å²) in [6.45, 7) is 4.97. The Balaban J connectivity index is 1.66. The highest BCUT2D eigenvalue weighted by atomic mass is 16.5. The number of rotatable bonds is 5. The molecule has 0 N–H and O–H groups in total. The molecule has 2 fully saturated rings. The van der Waals surface area contributed by atoms with E-state index in [0.29, 0.717) is 6.04 Å². The topological polar surface area (TPSA) is 43.7 Å². The number of hydrogen-bond acceptors (Lipinski definition) is 3. The van der Waals surface area contributed by atoms with Gasteiger partial charge in [-0.1, -0.05) is 0 Å². The summed E-state index contributed by atoms with van der Waals surface area (Å²) in [5.41, 5.74) is 4.20. The zero-order chi connectivity index (χ0) is 19.1. The normalized spacial score (nSPS) is 19.4. The lowest BCUT2D eigenvalue weighted by molar-refractivity contribution is 0.0733. The molecule has 2 aliphatic rings. The van der Waals surface area contributed by atoms with Gasteiger partial charge in [-0.3, -0.25) is 4.79 Å². The van der Waals surface area contributed by atoms with Gasteiger partial charge < -0.3 is 18.9 Å². The maximum Gasteiger partial charge on any atom is 0.256 e. The predicted octanol–water partition coefficient (Wildman–Crippen LogP) is 4.43. The molecule has 1 aromatic carbocycles. The Morgan fingerprint density at radius 2 is 1.85 bits per heavy atom. The Morgan fingerprint density at radius 3 is 2.52 bits per heavy atom. The van der Waals surface area contributed by atoms with Crippen molar-refractivity contribution in [1.29, 1.82) is 0 Å². The number of carbonyl (C=O) groups excluding carboxylic acids is 1. The van der Waals surface area contributed by atoms with Crippen molar-refractivity contribution in [2.75, 3.05) is 20.8 Å². The molecule has 1 amide bonds. The van der Waals surface area contributed by atoms with Crippen LogP contribution in [0.25, 0.3) is 0 Å². The molecule has 0 bridgehead atoms. The molecule has 2 aromatic rings. The zero-order valence-electron chi connectivity index (χ0n) is 16.6. The highest BCUT2D eigenvalue weighted by Crippen LogP contribution is 2.41. The molecule has 5 heteroatoms. The minimum Gasteiger partial charge on any atom is -0.497 e. The third-order valence-corrected chi connectivity index (χ3v) is 5.94. The fraction of sp³-hybridized carbons (Fsp3) is 0.500. The lowest BCUT2D eigenvalue weighted by Crippen LogP contribution is -2.31. The molecule has 144 valence electrons. The van der Waals surface area contributed by atoms with Crippen molar-refractivity contribution in [3.63, 3.8) is 0 Å². The van der Waals surface area contributed by atoms with Gasteiger partial charge in [0, 0.05) is 35.6 Å². The van der Waals surface area contributed by atoms with E-state index >= 15 is 0 Å². The van der Waals surface area contributed by atoms with Crippen LogP contribution in [0.5, 0.6) is 11.5 Å². The first-order chi connectivity index (χ1) is 13.0. The SMILES string of the molecule is COc1ccc(C2CCCN2C(=O)c2cc(C)n(C3CC3)c2C)c(OC)c1. The summed E-state index contributed by atoms with van der Waals surface area (Å²) in [6, 6.07) is 8.57. The summed E-state index contributed by atoms with van der Waals surface area (Å²) in [7, 11) is 3.32. The standard InChI is InChI=1S/C22H28N2O3/c1-14-12-19(15(2)24(14)16-7-8-16)22(25)23-11-5-6-20(23)18-10-9-17(26-3)13-21(18)27-4/h9-10,12-13,16,20H,5-8,11H2,1-4H3. The maximum absolute atomic E-state index is 13.4. The van der Waals surface area contributed by atoms with Crippen molar-refractivity contribution in [2.24, 2.45) is 0 Å². The number of hydrogen-bond donors (Lipinski definition) is 0. The highest BCUT2D eigenvalue weighted by Gasteiger charge is 2.35. The van der Waals surface area contributed by atoms with Crippen molar-refractivity contribution in [3.8, 4) is 11.5 Å². The van der Waals surface area contributed by atoms with Crippen LogP contribution in [0.1, 0.15) is 65.1 Å². The predicted molar refractivity (Wildman–Crippen MR) is 105 cm³/mol. The molecule has 1 aromatic heterocycles. The van der Waals surface area contributed by atoms with Crippen molar-refractivity contribution in [1.82, 2.24) is 9.47 Å². The van der Waals surface area contributed by atoms with Crippen LogP contribution >= 0.6 is 0 Å². The molecule has 5 nitrogen and oxygen atoms in total. The summed E-state index contributed by atoms with van der Waals surface area (Å²) in [5.74, 6) is 1.68. The molecule has 1 aliphatic heterocycles. The molecule has 1 saturated heterocycles. The zero-order valence-corrected chi connectivity index (χ0v) is 16.6. The molecular weight excluding hydrogens is 340 g/mol. The summed E-state index contributed by atoms with van der Waals surface area (Å²) in [6.07, 6.45) is 4.40. The molecule has 1 saturated carbocycles. The van der Waals surface area contributed by atoms with Gasteiger partial charge in [-0.25, -0.2) is 0 Å². The number of aryl methyl sites for hydroxylation is 1. The van der Waals surface area contributed by atoms with Gasteiger partial charge in [0.25, 0.3) is 5.91 Å². The van der Waals surface area contributed by atoms with Gasteiger partial charge in [-0.2, -0.15) is 0 Å². The number of ether oxygens (including phenoxy) is 2. The van der Waals surface area contributed by atoms with Crippen LogP contribution in [0.3, 0.4) is 0 Å². The number of carbonyl (C=O) groups is 1. The van der Waals surface area contributed by atoms with E-state index in [-0.39, 0.29) is 11.9 Å². The molecule has 27 heavy (non-hydrogen) atoms. The number of benzene rings is 1. The Bertz CT molecular complexity index is 867. The van der Waals surface area contributed by atoms with Crippen molar-refractivity contribution in [3.05, 3.63) is 46.8 Å². The van der Waals surface area contributed by atoms with Gasteiger partial charge in [-0.15, -0.1) is 0 Å². The van der Waals surface area contributed by atoms with E-state index in [1.165, 1.54) is 18.5 Å². The minimum atomic E-state index is 0.0438. The second-order valence-electron chi connectivity index (χ2n) is 7.65. The van der Waals surface area contributed by atoms with Crippen molar-refractivity contribution < 1.29 is 14.3 Å². The molecule has 1 atom stereocenters. The second-order valence-corrected chi connectivity index (χ2v) is 7.65. The molecular formula is C22H28N2O3. The van der Waals surface area contributed by atoms with Crippen LogP contribution < -0.4 is 9.47 Å². The van der Waals surface area contributed by atoms with E-state index in [0.717, 1.165) is 47.7 Å². The number of aromatic nitrogens is 1. The highest BCUT2D eigenvalue weighted by molar-refractivity contribution is 5.96. The Labute approximate surface area is 160 Å². The van der Waals surface area contributed by atoms with E-state index in [4.69, 9.17) is 9.47 Å². The average Bonchev–Trinajstić information content (AvgIpc) is 3.30. The van der Waals surface area contributed by atoms with Crippen LogP contribution in [0.2, 0.25) is 0 Å². The molecule has 2 heterocycles. The van der Waals surface area contributed by atoms with E-state index in [1.54, 1.807) is 14.2 Å². The smallest absolute Gasteiger partial charge is 0.256 e. The van der Waals surface area contributed by atoms with Gasteiger partial charge in [0.1, 0.15) is 11.5 Å². The summed E-state index contributed by atoms with van der Waals surface area (Å²) in [4.78, 5) is 15.4. The summed E-state index contributed by atoms with van der Waals surface area (Å²) in [5, 5.41) is 0. The van der Waals surface area contributed by atoms with Crippen LogP contribution in [-0.4, -0.2) is 36.1 Å². The fourth-order valence-corrected chi connectivity index (χ4v) is 4.47.